The third kappa shape index (κ3) is 2.32. The van der Waals surface area contributed by atoms with Crippen molar-refractivity contribution in [2.75, 3.05) is 13.7 Å². The molecule has 1 atom stereocenters. The number of hydrogen-bond acceptors (Lipinski definition) is 4. The number of rotatable bonds is 5. The van der Waals surface area contributed by atoms with Crippen LogP contribution in [0.15, 0.2) is 12.4 Å². The Kier molecular flexibility index (Phi) is 3.72. The minimum atomic E-state index is 0.357. The number of ether oxygens (including phenoxy) is 1. The Bertz CT molecular complexity index is 339. The van der Waals surface area contributed by atoms with Crippen LogP contribution in [0.5, 0.6) is 5.88 Å². The number of methoxy groups -OCH3 is 1. The molecule has 1 aromatic heterocycles. The number of aromatic nitrogens is 2. The zero-order chi connectivity index (χ0) is 11.4. The van der Waals surface area contributed by atoms with Gasteiger partial charge in [0.25, 0.3) is 0 Å². The first-order valence-electron chi connectivity index (χ1n) is 5.94. The Morgan fingerprint density at radius 3 is 2.88 bits per heavy atom. The first-order chi connectivity index (χ1) is 7.85. The van der Waals surface area contributed by atoms with E-state index in [1.807, 2.05) is 6.07 Å². The number of nitrogens with zero attached hydrogens (tertiary/aromatic N) is 2. The van der Waals surface area contributed by atoms with Crippen LogP contribution in [0, 0.1) is 5.92 Å². The van der Waals surface area contributed by atoms with E-state index in [-0.39, 0.29) is 0 Å². The molecule has 0 aromatic carbocycles. The van der Waals surface area contributed by atoms with E-state index in [0.29, 0.717) is 11.9 Å². The van der Waals surface area contributed by atoms with Crippen LogP contribution in [0.3, 0.4) is 0 Å². The summed E-state index contributed by atoms with van der Waals surface area (Å²) in [7, 11) is 1.64. The fourth-order valence-corrected chi connectivity index (χ4v) is 2.14. The molecule has 1 aliphatic rings. The average molecular weight is 221 g/mol. The first kappa shape index (κ1) is 11.3. The molecule has 1 saturated carbocycles. The summed E-state index contributed by atoms with van der Waals surface area (Å²) in [5.41, 5.74) is 1.05. The molecule has 1 aromatic rings. The molecule has 1 N–H and O–H groups in total. The quantitative estimate of drug-likeness (QED) is 0.825. The van der Waals surface area contributed by atoms with Crippen LogP contribution in [0.1, 0.15) is 37.9 Å². The second-order valence-electron chi connectivity index (χ2n) is 4.21. The van der Waals surface area contributed by atoms with Crippen molar-refractivity contribution in [3.8, 4) is 5.88 Å². The van der Waals surface area contributed by atoms with Crippen molar-refractivity contribution in [1.82, 2.24) is 15.3 Å². The van der Waals surface area contributed by atoms with E-state index in [1.165, 1.54) is 19.3 Å². The van der Waals surface area contributed by atoms with E-state index in [1.54, 1.807) is 13.4 Å². The van der Waals surface area contributed by atoms with Crippen LogP contribution in [-0.2, 0) is 0 Å². The summed E-state index contributed by atoms with van der Waals surface area (Å²) in [6, 6.07) is 2.29. The lowest BCUT2D eigenvalue weighted by atomic mass is 9.78. The largest absolute Gasteiger partial charge is 0.481 e. The third-order valence-corrected chi connectivity index (χ3v) is 3.24. The predicted octanol–water partition coefficient (Wildman–Crippen LogP) is 1.94. The first-order valence-corrected chi connectivity index (χ1v) is 5.94. The highest BCUT2D eigenvalue weighted by Gasteiger charge is 2.28. The van der Waals surface area contributed by atoms with Gasteiger partial charge in [-0.05, 0) is 25.3 Å². The molecule has 0 spiro atoms. The van der Waals surface area contributed by atoms with Crippen molar-refractivity contribution >= 4 is 0 Å². The Morgan fingerprint density at radius 2 is 2.31 bits per heavy atom. The maximum Gasteiger partial charge on any atom is 0.216 e. The molecule has 1 heterocycles. The summed E-state index contributed by atoms with van der Waals surface area (Å²) in [6.07, 6.45) is 5.51. The van der Waals surface area contributed by atoms with Gasteiger partial charge in [0.2, 0.25) is 5.88 Å². The summed E-state index contributed by atoms with van der Waals surface area (Å²) in [6.45, 7) is 3.09. The Balaban J connectivity index is 2.16. The predicted molar refractivity (Wildman–Crippen MR) is 62.3 cm³/mol. The second-order valence-corrected chi connectivity index (χ2v) is 4.21. The summed E-state index contributed by atoms with van der Waals surface area (Å²) >= 11 is 0. The zero-order valence-electron chi connectivity index (χ0n) is 9.94. The van der Waals surface area contributed by atoms with E-state index in [2.05, 4.69) is 22.2 Å². The highest BCUT2D eigenvalue weighted by atomic mass is 16.5. The molecule has 88 valence electrons. The van der Waals surface area contributed by atoms with Crippen LogP contribution in [0.4, 0.5) is 0 Å². The molecule has 2 rings (SSSR count). The van der Waals surface area contributed by atoms with Crippen LogP contribution in [-0.4, -0.2) is 23.6 Å². The van der Waals surface area contributed by atoms with Crippen molar-refractivity contribution < 1.29 is 4.74 Å². The van der Waals surface area contributed by atoms with E-state index in [9.17, 15) is 0 Å². The fourth-order valence-electron chi connectivity index (χ4n) is 2.14. The van der Waals surface area contributed by atoms with E-state index in [0.717, 1.165) is 18.2 Å². The lowest BCUT2D eigenvalue weighted by Crippen LogP contribution is -2.32. The molecule has 1 unspecified atom stereocenters. The van der Waals surface area contributed by atoms with Crippen molar-refractivity contribution in [1.29, 1.82) is 0 Å². The molecule has 4 heteroatoms. The van der Waals surface area contributed by atoms with Crippen LogP contribution >= 0.6 is 0 Å². The van der Waals surface area contributed by atoms with E-state index >= 15 is 0 Å². The van der Waals surface area contributed by atoms with Gasteiger partial charge in [-0.25, -0.2) is 9.97 Å². The van der Waals surface area contributed by atoms with Gasteiger partial charge < -0.3 is 10.1 Å². The third-order valence-electron chi connectivity index (χ3n) is 3.24. The van der Waals surface area contributed by atoms with Gasteiger partial charge in [-0.1, -0.05) is 13.3 Å². The van der Waals surface area contributed by atoms with Gasteiger partial charge in [0.15, 0.2) is 0 Å². The van der Waals surface area contributed by atoms with Gasteiger partial charge in [0.1, 0.15) is 6.33 Å². The molecule has 1 aliphatic carbocycles. The average Bonchev–Trinajstić information content (AvgIpc) is 2.26. The molecule has 16 heavy (non-hydrogen) atoms. The normalized spacial score (nSPS) is 17.9. The number of hydrogen-bond donors (Lipinski definition) is 1. The number of nitrogens with one attached hydrogen (secondary N) is 1. The molecule has 1 fully saturated rings. The van der Waals surface area contributed by atoms with Crippen LogP contribution in [0.2, 0.25) is 0 Å². The van der Waals surface area contributed by atoms with Crippen molar-refractivity contribution in [2.24, 2.45) is 5.92 Å². The molecular formula is C12H19N3O. The van der Waals surface area contributed by atoms with Gasteiger partial charge in [0.05, 0.1) is 18.8 Å². The van der Waals surface area contributed by atoms with Crippen molar-refractivity contribution in [3.63, 3.8) is 0 Å². The van der Waals surface area contributed by atoms with E-state index in [4.69, 9.17) is 4.74 Å². The van der Waals surface area contributed by atoms with Gasteiger partial charge >= 0.3 is 0 Å². The maximum atomic E-state index is 5.14. The Hall–Kier alpha value is -1.16. The summed E-state index contributed by atoms with van der Waals surface area (Å²) in [5, 5.41) is 3.51. The SMILES string of the molecule is CCNC(c1cc(OC)ncn1)C1CCC1. The highest BCUT2D eigenvalue weighted by Crippen LogP contribution is 2.37. The zero-order valence-corrected chi connectivity index (χ0v) is 9.94. The Morgan fingerprint density at radius 1 is 1.50 bits per heavy atom. The van der Waals surface area contributed by atoms with Gasteiger partial charge in [0, 0.05) is 6.07 Å². The van der Waals surface area contributed by atoms with Crippen LogP contribution < -0.4 is 10.1 Å². The molecule has 0 bridgehead atoms. The summed E-state index contributed by atoms with van der Waals surface area (Å²) in [4.78, 5) is 8.40. The second kappa shape index (κ2) is 5.25. The molecular weight excluding hydrogens is 202 g/mol. The van der Waals surface area contributed by atoms with Crippen molar-refractivity contribution in [2.45, 2.75) is 32.2 Å². The topological polar surface area (TPSA) is 47.0 Å². The van der Waals surface area contributed by atoms with Crippen molar-refractivity contribution in [3.05, 3.63) is 18.1 Å². The van der Waals surface area contributed by atoms with Gasteiger partial charge in [-0.2, -0.15) is 0 Å². The molecule has 0 aliphatic heterocycles. The Labute approximate surface area is 96.4 Å². The fraction of sp³-hybridized carbons (Fsp3) is 0.667. The lowest BCUT2D eigenvalue weighted by molar-refractivity contribution is 0.229. The minimum absolute atomic E-state index is 0.357. The lowest BCUT2D eigenvalue weighted by Gasteiger charge is -2.33. The van der Waals surface area contributed by atoms with Gasteiger partial charge in [-0.15, -0.1) is 0 Å². The van der Waals surface area contributed by atoms with Crippen LogP contribution in [0.25, 0.3) is 0 Å². The maximum absolute atomic E-state index is 5.14. The molecule has 0 saturated heterocycles. The molecule has 4 nitrogen and oxygen atoms in total. The highest BCUT2D eigenvalue weighted by molar-refractivity contribution is 5.17. The van der Waals surface area contributed by atoms with Gasteiger partial charge in [-0.3, -0.25) is 0 Å². The monoisotopic (exact) mass is 221 g/mol. The smallest absolute Gasteiger partial charge is 0.216 e. The van der Waals surface area contributed by atoms with E-state index < -0.39 is 0 Å². The summed E-state index contributed by atoms with van der Waals surface area (Å²) in [5.74, 6) is 1.37. The molecule has 0 radical (unpaired) electrons. The summed E-state index contributed by atoms with van der Waals surface area (Å²) < 4.78 is 5.14. The standard InChI is InChI=1S/C12H19N3O/c1-3-13-12(9-5-4-6-9)10-7-11(16-2)15-8-14-10/h7-9,12-13H,3-6H2,1-2H3. The minimum Gasteiger partial charge on any atom is -0.481 e. The molecule has 0 amide bonds.